The maximum atomic E-state index is 12.3. The number of ketones is 1. The van der Waals surface area contributed by atoms with Gasteiger partial charge in [0.2, 0.25) is 0 Å². The Morgan fingerprint density at radius 3 is 2.48 bits per heavy atom. The normalized spacial score (nSPS) is 33.6. The molecule has 23 heavy (non-hydrogen) atoms. The molecule has 2 aliphatic carbocycles. The monoisotopic (exact) mass is 347 g/mol. The van der Waals surface area contributed by atoms with Crippen LogP contribution in [-0.2, 0) is 14.3 Å². The predicted octanol–water partition coefficient (Wildman–Crippen LogP) is -0.497. The highest BCUT2D eigenvalue weighted by atomic mass is 35.5. The van der Waals surface area contributed by atoms with Gasteiger partial charge in [-0.3, -0.25) is 4.79 Å². The highest BCUT2D eigenvalue weighted by Crippen LogP contribution is 2.30. The summed E-state index contributed by atoms with van der Waals surface area (Å²) in [6.45, 7) is 5.07. The van der Waals surface area contributed by atoms with Gasteiger partial charge in [-0.25, -0.2) is 0 Å². The van der Waals surface area contributed by atoms with Crippen LogP contribution < -0.4 is 18.1 Å². The summed E-state index contributed by atoms with van der Waals surface area (Å²) in [6, 6.07) is -0.0560. The fourth-order valence-corrected chi connectivity index (χ4v) is 3.77. The van der Waals surface area contributed by atoms with Crippen molar-refractivity contribution < 1.29 is 32.4 Å². The van der Waals surface area contributed by atoms with Crippen molar-refractivity contribution in [3.63, 3.8) is 0 Å². The molecule has 2 rings (SSSR count). The SMILES string of the molecule is CCCO[C@H]1CCC[C@H]([NH3+])C(=O)C[C@@H](C)[C@@H]1OC1CCCC1.[Cl-]. The van der Waals surface area contributed by atoms with Gasteiger partial charge >= 0.3 is 0 Å². The second-order valence-corrected chi connectivity index (χ2v) is 7.19. The highest BCUT2D eigenvalue weighted by molar-refractivity contribution is 5.82. The first kappa shape index (κ1) is 20.9. The third kappa shape index (κ3) is 6.33. The summed E-state index contributed by atoms with van der Waals surface area (Å²) in [7, 11) is 0. The molecular formula is C18H34ClNO3. The van der Waals surface area contributed by atoms with E-state index < -0.39 is 0 Å². The lowest BCUT2D eigenvalue weighted by Gasteiger charge is -2.33. The Kier molecular flexibility index (Phi) is 9.67. The predicted molar refractivity (Wildman–Crippen MR) is 86.5 cm³/mol. The summed E-state index contributed by atoms with van der Waals surface area (Å²) in [5, 5.41) is 0. The van der Waals surface area contributed by atoms with E-state index in [9.17, 15) is 4.79 Å². The van der Waals surface area contributed by atoms with Crippen LogP contribution in [0.4, 0.5) is 0 Å². The van der Waals surface area contributed by atoms with E-state index in [0.717, 1.165) is 45.1 Å². The van der Waals surface area contributed by atoms with Crippen molar-refractivity contribution in [2.45, 2.75) is 96.0 Å². The van der Waals surface area contributed by atoms with E-state index >= 15 is 0 Å². The number of hydrogen-bond donors (Lipinski definition) is 1. The molecule has 0 saturated heterocycles. The van der Waals surface area contributed by atoms with Crippen LogP contribution in [0.15, 0.2) is 0 Å². The van der Waals surface area contributed by atoms with E-state index in [-0.39, 0.29) is 36.6 Å². The molecule has 0 aliphatic heterocycles. The van der Waals surface area contributed by atoms with E-state index in [0.29, 0.717) is 18.3 Å². The Morgan fingerprint density at radius 1 is 1.13 bits per heavy atom. The second kappa shape index (κ2) is 10.7. The van der Waals surface area contributed by atoms with Gasteiger partial charge in [-0.05, 0) is 38.0 Å². The molecule has 0 aromatic heterocycles. The molecule has 4 atom stereocenters. The van der Waals surface area contributed by atoms with Gasteiger partial charge in [0.1, 0.15) is 6.04 Å². The van der Waals surface area contributed by atoms with E-state index in [4.69, 9.17) is 9.47 Å². The Morgan fingerprint density at radius 2 is 1.83 bits per heavy atom. The Bertz CT molecular complexity index is 347. The minimum atomic E-state index is -0.0560. The highest BCUT2D eigenvalue weighted by Gasteiger charge is 2.35. The lowest BCUT2D eigenvalue weighted by atomic mass is 9.92. The number of quaternary nitrogens is 1. The summed E-state index contributed by atoms with van der Waals surface area (Å²) in [4.78, 5) is 12.3. The molecule has 4 nitrogen and oxygen atoms in total. The molecule has 2 fully saturated rings. The number of Topliss-reactive ketones (excluding diaryl/α,β-unsaturated/α-hetero) is 1. The maximum Gasteiger partial charge on any atom is 0.190 e. The van der Waals surface area contributed by atoms with Crippen molar-refractivity contribution in [2.75, 3.05) is 6.61 Å². The number of hydrogen-bond acceptors (Lipinski definition) is 3. The first-order chi connectivity index (χ1) is 10.6. The van der Waals surface area contributed by atoms with Crippen LogP contribution in [0.1, 0.15) is 71.6 Å². The van der Waals surface area contributed by atoms with Crippen molar-refractivity contribution in [3.05, 3.63) is 0 Å². The second-order valence-electron chi connectivity index (χ2n) is 7.19. The van der Waals surface area contributed by atoms with E-state index in [1.54, 1.807) is 0 Å². The molecule has 0 heterocycles. The molecule has 3 N–H and O–H groups in total. The molecule has 2 aliphatic rings. The van der Waals surface area contributed by atoms with Crippen molar-refractivity contribution >= 4 is 5.78 Å². The van der Waals surface area contributed by atoms with Crippen LogP contribution in [0.5, 0.6) is 0 Å². The minimum absolute atomic E-state index is 0. The van der Waals surface area contributed by atoms with Crippen LogP contribution in [-0.4, -0.2) is 36.7 Å². The van der Waals surface area contributed by atoms with Gasteiger partial charge in [0, 0.05) is 19.4 Å². The Hall–Kier alpha value is -0.160. The number of carbonyl (C=O) groups excluding carboxylic acids is 1. The zero-order valence-electron chi connectivity index (χ0n) is 14.8. The van der Waals surface area contributed by atoms with Crippen molar-refractivity contribution in [3.8, 4) is 0 Å². The van der Waals surface area contributed by atoms with Crippen LogP contribution >= 0.6 is 0 Å². The van der Waals surface area contributed by atoms with Gasteiger partial charge in [0.25, 0.3) is 0 Å². The Balaban J connectivity index is 0.00000264. The van der Waals surface area contributed by atoms with Gasteiger partial charge in [0.15, 0.2) is 5.78 Å². The van der Waals surface area contributed by atoms with Gasteiger partial charge in [0.05, 0.1) is 18.3 Å². The van der Waals surface area contributed by atoms with Gasteiger partial charge in [-0.1, -0.05) is 26.7 Å². The molecule has 0 bridgehead atoms. The first-order valence-electron chi connectivity index (χ1n) is 9.24. The molecule has 0 aromatic carbocycles. The molecule has 0 aromatic rings. The molecular weight excluding hydrogens is 314 g/mol. The third-order valence-corrected chi connectivity index (χ3v) is 5.13. The van der Waals surface area contributed by atoms with Crippen molar-refractivity contribution in [2.24, 2.45) is 5.92 Å². The molecule has 0 radical (unpaired) electrons. The van der Waals surface area contributed by atoms with Crippen LogP contribution in [0, 0.1) is 5.92 Å². The summed E-state index contributed by atoms with van der Waals surface area (Å²) < 4.78 is 12.6. The number of ether oxygens (including phenoxy) is 2. The standard InChI is InChI=1S/C18H33NO3.ClH/c1-3-11-21-17-10-6-9-15(19)16(20)12-13(2)18(17)22-14-7-4-5-8-14;/h13-15,17-18H,3-12,19H2,1-2H3;1H/t13-,15+,17+,18+;/m1./s1. The zero-order chi connectivity index (χ0) is 15.9. The summed E-state index contributed by atoms with van der Waals surface area (Å²) in [6.07, 6.45) is 9.91. The maximum absolute atomic E-state index is 12.3. The quantitative estimate of drug-likeness (QED) is 0.729. The molecule has 0 unspecified atom stereocenters. The molecule has 5 heteroatoms. The van der Waals surface area contributed by atoms with Crippen molar-refractivity contribution in [1.29, 1.82) is 0 Å². The number of halogens is 1. The van der Waals surface area contributed by atoms with E-state index in [1.807, 2.05) is 0 Å². The average Bonchev–Trinajstić information content (AvgIpc) is 3.01. The average molecular weight is 348 g/mol. The molecule has 2 saturated carbocycles. The third-order valence-electron chi connectivity index (χ3n) is 5.13. The Labute approximate surface area is 147 Å². The molecule has 0 spiro atoms. The van der Waals surface area contributed by atoms with Crippen molar-refractivity contribution in [1.82, 2.24) is 0 Å². The summed E-state index contributed by atoms with van der Waals surface area (Å²) in [5.74, 6) is 0.515. The number of carbonyl (C=O) groups is 1. The molecule has 0 amide bonds. The number of rotatable bonds is 5. The van der Waals surface area contributed by atoms with E-state index in [1.165, 1.54) is 12.8 Å². The zero-order valence-corrected chi connectivity index (χ0v) is 15.5. The van der Waals surface area contributed by atoms with E-state index in [2.05, 4.69) is 19.6 Å². The van der Waals surface area contributed by atoms with Crippen LogP contribution in [0.25, 0.3) is 0 Å². The fraction of sp³-hybridized carbons (Fsp3) is 0.944. The minimum Gasteiger partial charge on any atom is -1.00 e. The van der Waals surface area contributed by atoms with Gasteiger partial charge < -0.3 is 27.6 Å². The molecule has 136 valence electrons. The largest absolute Gasteiger partial charge is 1.00 e. The smallest absolute Gasteiger partial charge is 0.190 e. The van der Waals surface area contributed by atoms with Crippen LogP contribution in [0.3, 0.4) is 0 Å². The van der Waals surface area contributed by atoms with Gasteiger partial charge in [-0.15, -0.1) is 0 Å². The lowest BCUT2D eigenvalue weighted by molar-refractivity contribution is -0.404. The van der Waals surface area contributed by atoms with Gasteiger partial charge in [-0.2, -0.15) is 0 Å². The van der Waals surface area contributed by atoms with Crippen LogP contribution in [0.2, 0.25) is 0 Å². The first-order valence-corrected chi connectivity index (χ1v) is 9.24. The summed E-state index contributed by atoms with van der Waals surface area (Å²) >= 11 is 0. The fourth-order valence-electron chi connectivity index (χ4n) is 3.77. The lowest BCUT2D eigenvalue weighted by Crippen LogP contribution is -3.00. The topological polar surface area (TPSA) is 63.2 Å². The summed E-state index contributed by atoms with van der Waals surface area (Å²) in [5.41, 5.74) is 4.04.